The summed E-state index contributed by atoms with van der Waals surface area (Å²) in [6.07, 6.45) is 1.79. The molecule has 20 heavy (non-hydrogen) atoms. The van der Waals surface area contributed by atoms with Crippen molar-refractivity contribution in [3.63, 3.8) is 0 Å². The Balaban J connectivity index is 2.11. The Kier molecular flexibility index (Phi) is 4.90. The molecule has 1 heterocycles. The molecule has 5 nitrogen and oxygen atoms in total. The summed E-state index contributed by atoms with van der Waals surface area (Å²) in [6.45, 7) is 5.70. The van der Waals surface area contributed by atoms with Gasteiger partial charge in [-0.05, 0) is 25.6 Å². The highest BCUT2D eigenvalue weighted by Gasteiger charge is 2.05. The number of hydrogen-bond acceptors (Lipinski definition) is 5. The number of benzene rings is 1. The van der Waals surface area contributed by atoms with Crippen molar-refractivity contribution in [1.29, 1.82) is 0 Å². The Labute approximate surface area is 119 Å². The second kappa shape index (κ2) is 6.86. The Morgan fingerprint density at radius 2 is 2.05 bits per heavy atom. The molecule has 2 rings (SSSR count). The molecule has 0 amide bonds. The van der Waals surface area contributed by atoms with Gasteiger partial charge in [0.15, 0.2) is 0 Å². The summed E-state index contributed by atoms with van der Waals surface area (Å²) in [5.41, 5.74) is 1.99. The zero-order valence-corrected chi connectivity index (χ0v) is 12.0. The van der Waals surface area contributed by atoms with Crippen molar-refractivity contribution in [2.45, 2.75) is 20.4 Å². The summed E-state index contributed by atoms with van der Waals surface area (Å²) < 4.78 is 10.8. The first-order chi connectivity index (χ1) is 9.72. The van der Waals surface area contributed by atoms with E-state index < -0.39 is 0 Å². The van der Waals surface area contributed by atoms with Gasteiger partial charge in [-0.1, -0.05) is 13.0 Å². The van der Waals surface area contributed by atoms with Crippen molar-refractivity contribution in [3.05, 3.63) is 41.7 Å². The normalized spacial score (nSPS) is 10.3. The molecular formula is C15H19N3O2. The number of methoxy groups -OCH3 is 1. The summed E-state index contributed by atoms with van der Waals surface area (Å²) in [6, 6.07) is 7.70. The van der Waals surface area contributed by atoms with Crippen molar-refractivity contribution < 1.29 is 9.47 Å². The topological polar surface area (TPSA) is 56.3 Å². The maximum Gasteiger partial charge on any atom is 0.322 e. The fourth-order valence-electron chi connectivity index (χ4n) is 1.72. The average molecular weight is 273 g/mol. The first-order valence-electron chi connectivity index (χ1n) is 6.58. The van der Waals surface area contributed by atoms with Crippen LogP contribution in [0.3, 0.4) is 0 Å². The highest BCUT2D eigenvalue weighted by Crippen LogP contribution is 2.23. The van der Waals surface area contributed by atoms with Crippen molar-refractivity contribution in [3.8, 4) is 17.5 Å². The second-order valence-electron chi connectivity index (χ2n) is 4.32. The van der Waals surface area contributed by atoms with E-state index in [-0.39, 0.29) is 0 Å². The molecule has 1 aromatic carbocycles. The van der Waals surface area contributed by atoms with Crippen LogP contribution >= 0.6 is 0 Å². The van der Waals surface area contributed by atoms with Crippen LogP contribution in [0.15, 0.2) is 30.5 Å². The number of aryl methyl sites for hydroxylation is 1. The molecule has 0 atom stereocenters. The van der Waals surface area contributed by atoms with Crippen LogP contribution in [0.25, 0.3) is 0 Å². The van der Waals surface area contributed by atoms with E-state index in [0.29, 0.717) is 11.8 Å². The Bertz CT molecular complexity index is 573. The monoisotopic (exact) mass is 273 g/mol. The fraction of sp³-hybridized carbons (Fsp3) is 0.333. The third-order valence-corrected chi connectivity index (χ3v) is 2.87. The van der Waals surface area contributed by atoms with Gasteiger partial charge in [0.1, 0.15) is 11.5 Å². The molecule has 0 spiro atoms. The van der Waals surface area contributed by atoms with Crippen molar-refractivity contribution in [2.24, 2.45) is 0 Å². The third kappa shape index (κ3) is 3.68. The number of nitrogens with one attached hydrogen (secondary N) is 1. The first kappa shape index (κ1) is 14.3. The van der Waals surface area contributed by atoms with Gasteiger partial charge in [-0.15, -0.1) is 0 Å². The predicted octanol–water partition coefficient (Wildman–Crippen LogP) is 2.70. The van der Waals surface area contributed by atoms with Gasteiger partial charge >= 0.3 is 6.01 Å². The molecular weight excluding hydrogens is 254 g/mol. The van der Waals surface area contributed by atoms with E-state index >= 15 is 0 Å². The van der Waals surface area contributed by atoms with E-state index in [1.807, 2.05) is 25.1 Å². The molecule has 0 unspecified atom stereocenters. The lowest BCUT2D eigenvalue weighted by Gasteiger charge is -2.08. The lowest BCUT2D eigenvalue weighted by atomic mass is 10.2. The van der Waals surface area contributed by atoms with Crippen molar-refractivity contribution in [1.82, 2.24) is 15.3 Å². The van der Waals surface area contributed by atoms with E-state index in [1.165, 1.54) is 0 Å². The lowest BCUT2D eigenvalue weighted by molar-refractivity contribution is 0.403. The van der Waals surface area contributed by atoms with Crippen LogP contribution in [-0.2, 0) is 6.54 Å². The molecule has 0 aliphatic carbocycles. The van der Waals surface area contributed by atoms with E-state index in [2.05, 4.69) is 22.2 Å². The van der Waals surface area contributed by atoms with Crippen LogP contribution in [-0.4, -0.2) is 23.6 Å². The van der Waals surface area contributed by atoms with E-state index in [0.717, 1.165) is 30.1 Å². The fourth-order valence-corrected chi connectivity index (χ4v) is 1.72. The highest BCUT2D eigenvalue weighted by molar-refractivity contribution is 5.34. The minimum absolute atomic E-state index is 0.344. The molecule has 0 fully saturated rings. The van der Waals surface area contributed by atoms with Gasteiger partial charge in [-0.3, -0.25) is 0 Å². The molecule has 5 heteroatoms. The maximum absolute atomic E-state index is 5.64. The van der Waals surface area contributed by atoms with Crippen LogP contribution in [0.1, 0.15) is 18.2 Å². The molecule has 106 valence electrons. The summed E-state index contributed by atoms with van der Waals surface area (Å²) in [5.74, 6) is 1.39. The number of rotatable bonds is 6. The molecule has 0 aliphatic heterocycles. The largest absolute Gasteiger partial charge is 0.497 e. The second-order valence-corrected chi connectivity index (χ2v) is 4.32. The average Bonchev–Trinajstić information content (AvgIpc) is 2.47. The van der Waals surface area contributed by atoms with Gasteiger partial charge in [-0.25, -0.2) is 4.98 Å². The van der Waals surface area contributed by atoms with E-state index in [4.69, 9.17) is 9.47 Å². The smallest absolute Gasteiger partial charge is 0.322 e. The zero-order chi connectivity index (χ0) is 14.4. The van der Waals surface area contributed by atoms with Gasteiger partial charge in [0, 0.05) is 30.1 Å². The standard InChI is InChI=1S/C15H19N3O2/c1-4-16-9-12-10-17-15(18-11(12)2)20-14-7-5-6-13(8-14)19-3/h5-8,10,16H,4,9H2,1-3H3. The number of hydrogen-bond donors (Lipinski definition) is 1. The van der Waals surface area contributed by atoms with Crippen LogP contribution in [0.4, 0.5) is 0 Å². The first-order valence-corrected chi connectivity index (χ1v) is 6.58. The zero-order valence-electron chi connectivity index (χ0n) is 12.0. The molecule has 2 aromatic rings. The van der Waals surface area contributed by atoms with Gasteiger partial charge in [0.25, 0.3) is 0 Å². The number of ether oxygens (including phenoxy) is 2. The number of aromatic nitrogens is 2. The van der Waals surface area contributed by atoms with Crippen LogP contribution in [0, 0.1) is 6.92 Å². The lowest BCUT2D eigenvalue weighted by Crippen LogP contribution is -2.13. The minimum atomic E-state index is 0.344. The maximum atomic E-state index is 5.64. The van der Waals surface area contributed by atoms with Crippen molar-refractivity contribution >= 4 is 0 Å². The molecule has 0 aliphatic rings. The van der Waals surface area contributed by atoms with E-state index in [9.17, 15) is 0 Å². The van der Waals surface area contributed by atoms with Gasteiger partial charge < -0.3 is 14.8 Å². The summed E-state index contributed by atoms with van der Waals surface area (Å²) in [4.78, 5) is 8.59. The molecule has 1 aromatic heterocycles. The van der Waals surface area contributed by atoms with Gasteiger partial charge in [-0.2, -0.15) is 4.98 Å². The SMILES string of the molecule is CCNCc1cnc(Oc2cccc(OC)c2)nc1C. The third-order valence-electron chi connectivity index (χ3n) is 2.87. The molecule has 1 N–H and O–H groups in total. The van der Waals surface area contributed by atoms with Crippen LogP contribution in [0.5, 0.6) is 17.5 Å². The van der Waals surface area contributed by atoms with Gasteiger partial charge in [0.05, 0.1) is 7.11 Å². The molecule has 0 saturated heterocycles. The molecule has 0 radical (unpaired) electrons. The van der Waals surface area contributed by atoms with Crippen LogP contribution in [0.2, 0.25) is 0 Å². The Hall–Kier alpha value is -2.14. The van der Waals surface area contributed by atoms with Crippen molar-refractivity contribution in [2.75, 3.05) is 13.7 Å². The predicted molar refractivity (Wildman–Crippen MR) is 77.2 cm³/mol. The quantitative estimate of drug-likeness (QED) is 0.877. The Morgan fingerprint density at radius 3 is 2.75 bits per heavy atom. The summed E-state index contributed by atoms with van der Waals surface area (Å²) in [5, 5.41) is 3.25. The molecule has 0 saturated carbocycles. The Morgan fingerprint density at radius 1 is 1.25 bits per heavy atom. The molecule has 0 bridgehead atoms. The number of nitrogens with zero attached hydrogens (tertiary/aromatic N) is 2. The van der Waals surface area contributed by atoms with E-state index in [1.54, 1.807) is 19.4 Å². The highest BCUT2D eigenvalue weighted by atomic mass is 16.5. The van der Waals surface area contributed by atoms with Crippen LogP contribution < -0.4 is 14.8 Å². The minimum Gasteiger partial charge on any atom is -0.497 e. The summed E-state index contributed by atoms with van der Waals surface area (Å²) >= 11 is 0. The summed E-state index contributed by atoms with van der Waals surface area (Å²) in [7, 11) is 1.62. The van der Waals surface area contributed by atoms with Gasteiger partial charge in [0.2, 0.25) is 0 Å².